The fraction of sp³-hybridized carbons (Fsp3) is 0.569. The first kappa shape index (κ1) is 64.7. The summed E-state index contributed by atoms with van der Waals surface area (Å²) in [6.45, 7) is 13.3. The van der Waals surface area contributed by atoms with E-state index in [9.17, 15) is 53.7 Å². The van der Waals surface area contributed by atoms with E-state index in [-0.39, 0.29) is 35.3 Å². The number of esters is 6. The molecule has 2 amide bonds. The van der Waals surface area contributed by atoms with Crippen LogP contribution in [-0.2, 0) is 81.0 Å². The average molecular weight is 1160 g/mol. The summed E-state index contributed by atoms with van der Waals surface area (Å²) in [4.78, 5) is 134. The molecule has 6 rings (SSSR count). The molecule has 14 atom stereocenters. The SMILES string of the molecule is COCC(=O)C(C)OC(=O)CC(=O)OCC(=O)NN=CC(C)CC(=O)OC(C(=O)OC1CC2(O)C(OC(=O)c3ccccc3)C3C4C(CC(O)C3(C)C(=O)C(O)C(=C1C)C2(C)C)OC4OC(C)=O)C(NC(=O)OC(C)(C)C)c1ccccc1. The van der Waals surface area contributed by atoms with Gasteiger partial charge in [0.15, 0.2) is 24.3 Å². The zero-order valence-corrected chi connectivity index (χ0v) is 48.1. The number of carbonyl (C=O) groups excluding carboxylic acids is 10. The predicted molar refractivity (Wildman–Crippen MR) is 286 cm³/mol. The number of amides is 2. The predicted octanol–water partition coefficient (Wildman–Crippen LogP) is 3.22. The van der Waals surface area contributed by atoms with Gasteiger partial charge < -0.3 is 63.3 Å². The molecule has 1 heterocycles. The highest BCUT2D eigenvalue weighted by Gasteiger charge is 2.74. The number of fused-ring (bicyclic) bond motifs is 5. The maximum Gasteiger partial charge on any atom is 0.408 e. The number of alkyl carbamates (subject to hydrolysis) is 1. The third-order valence-corrected chi connectivity index (χ3v) is 15.4. The van der Waals surface area contributed by atoms with E-state index in [1.807, 2.05) is 0 Å². The highest BCUT2D eigenvalue weighted by molar-refractivity contribution is 5.95. The van der Waals surface area contributed by atoms with Gasteiger partial charge in [-0.3, -0.25) is 33.6 Å². The Morgan fingerprint density at radius 2 is 1.51 bits per heavy atom. The van der Waals surface area contributed by atoms with Crippen molar-refractivity contribution >= 4 is 65.6 Å². The summed E-state index contributed by atoms with van der Waals surface area (Å²) in [5.74, 6) is -12.1. The lowest BCUT2D eigenvalue weighted by atomic mass is 9.45. The highest BCUT2D eigenvalue weighted by atomic mass is 16.7. The second-order valence-electron chi connectivity index (χ2n) is 22.8. The van der Waals surface area contributed by atoms with Gasteiger partial charge in [0.25, 0.3) is 5.91 Å². The molecule has 0 aromatic heterocycles. The van der Waals surface area contributed by atoms with Gasteiger partial charge in [-0.15, -0.1) is 0 Å². The third kappa shape index (κ3) is 14.7. The minimum atomic E-state index is -2.45. The van der Waals surface area contributed by atoms with E-state index in [1.165, 1.54) is 72.9 Å². The maximum absolute atomic E-state index is 15.2. The number of aliphatic hydroxyl groups is 3. The molecule has 1 saturated heterocycles. The normalized spacial score (nSPS) is 27.6. The standard InChI is InChI=1S/C58H73N3O22/c1-29(26-59-61-39(65)28-76-40(66)24-42(68)77-31(3)35(63)27-75-11)22-41(67)81-48(46(33-18-14-12-15-19-33)60-54(73)83-55(5,6)7)52(72)79-37-25-58(74)50(82-51(71)34-20-16-13-17-21-34)45-43-36(80-53(43)78-32(4)62)23-38(64)57(45,10)49(70)47(69)44(30(37)2)56(58,8)9/h12-21,26,29,31,36-38,43,45-48,50,53,64,69,74H,22-25,27-28H2,1-11H3,(H,60,73)(H,61,65). The lowest BCUT2D eigenvalue weighted by molar-refractivity contribution is -0.352. The van der Waals surface area contributed by atoms with Crippen LogP contribution in [0.1, 0.15) is 117 Å². The van der Waals surface area contributed by atoms with Gasteiger partial charge in [-0.2, -0.15) is 5.10 Å². The first-order valence-corrected chi connectivity index (χ1v) is 26.9. The molecule has 0 spiro atoms. The lowest BCUT2D eigenvalue weighted by Crippen LogP contribution is -2.76. The number of rotatable bonds is 21. The van der Waals surface area contributed by atoms with Crippen molar-refractivity contribution in [2.75, 3.05) is 20.3 Å². The Morgan fingerprint density at radius 1 is 0.867 bits per heavy atom. The van der Waals surface area contributed by atoms with Gasteiger partial charge in [-0.25, -0.2) is 19.8 Å². The van der Waals surface area contributed by atoms with E-state index in [2.05, 4.69) is 15.8 Å². The van der Waals surface area contributed by atoms with Crippen LogP contribution in [0.5, 0.6) is 0 Å². The fourth-order valence-corrected chi connectivity index (χ4v) is 11.2. The van der Waals surface area contributed by atoms with E-state index in [4.69, 9.17) is 42.6 Å². The van der Waals surface area contributed by atoms with Crippen molar-refractivity contribution in [2.45, 2.75) is 161 Å². The van der Waals surface area contributed by atoms with Crippen molar-refractivity contribution in [3.63, 3.8) is 0 Å². The molecule has 83 heavy (non-hydrogen) atoms. The molecule has 14 unspecified atom stereocenters. The first-order valence-electron chi connectivity index (χ1n) is 26.9. The van der Waals surface area contributed by atoms with Crippen molar-refractivity contribution in [3.8, 4) is 0 Å². The number of hydrogen-bond donors (Lipinski definition) is 5. The van der Waals surface area contributed by atoms with Crippen LogP contribution in [0.25, 0.3) is 0 Å². The van der Waals surface area contributed by atoms with Crippen LogP contribution in [0.15, 0.2) is 76.9 Å². The van der Waals surface area contributed by atoms with Crippen molar-refractivity contribution in [1.29, 1.82) is 0 Å². The lowest BCUT2D eigenvalue weighted by Gasteiger charge is -2.65. The number of carbonyl (C=O) groups is 10. The zero-order valence-electron chi connectivity index (χ0n) is 48.1. The van der Waals surface area contributed by atoms with E-state index in [0.29, 0.717) is 0 Å². The highest BCUT2D eigenvalue weighted by Crippen LogP contribution is 2.63. The van der Waals surface area contributed by atoms with Crippen LogP contribution in [0.2, 0.25) is 0 Å². The number of Topliss-reactive ketones (excluding diaryl/α,β-unsaturated/α-hetero) is 2. The van der Waals surface area contributed by atoms with E-state index in [0.717, 1.165) is 13.1 Å². The van der Waals surface area contributed by atoms with E-state index >= 15 is 9.59 Å². The van der Waals surface area contributed by atoms with Crippen LogP contribution in [0.3, 0.4) is 0 Å². The Kier molecular flexibility index (Phi) is 20.6. The van der Waals surface area contributed by atoms with Crippen LogP contribution in [0.4, 0.5) is 4.79 Å². The second kappa shape index (κ2) is 26.4. The van der Waals surface area contributed by atoms with Gasteiger partial charge in [0.05, 0.1) is 35.5 Å². The molecule has 4 aliphatic rings. The number of nitrogens with one attached hydrogen (secondary N) is 2. The topological polar surface area (TPSA) is 351 Å². The fourth-order valence-electron chi connectivity index (χ4n) is 11.2. The van der Waals surface area contributed by atoms with Gasteiger partial charge in [0.2, 0.25) is 12.4 Å². The maximum atomic E-state index is 15.2. The Morgan fingerprint density at radius 3 is 2.12 bits per heavy atom. The summed E-state index contributed by atoms with van der Waals surface area (Å²) in [7, 11) is 1.28. The van der Waals surface area contributed by atoms with Gasteiger partial charge in [0.1, 0.15) is 48.6 Å². The summed E-state index contributed by atoms with van der Waals surface area (Å²) in [6.07, 6.45) is -14.8. The monoisotopic (exact) mass is 1160 g/mol. The van der Waals surface area contributed by atoms with Gasteiger partial charge in [-0.1, -0.05) is 69.3 Å². The van der Waals surface area contributed by atoms with Crippen molar-refractivity contribution in [2.24, 2.45) is 33.7 Å². The summed E-state index contributed by atoms with van der Waals surface area (Å²) in [5, 5.41) is 44.6. The number of benzene rings is 2. The van der Waals surface area contributed by atoms with Crippen molar-refractivity contribution < 1.29 is 106 Å². The molecule has 25 nitrogen and oxygen atoms in total. The third-order valence-electron chi connectivity index (χ3n) is 15.4. The number of methoxy groups -OCH3 is 1. The Bertz CT molecular complexity index is 2850. The quantitative estimate of drug-likeness (QED) is 0.0299. The number of ether oxygens (including phenoxy) is 9. The van der Waals surface area contributed by atoms with E-state index in [1.54, 1.807) is 57.2 Å². The zero-order chi connectivity index (χ0) is 61.5. The second-order valence-corrected chi connectivity index (χ2v) is 22.8. The van der Waals surface area contributed by atoms with Crippen LogP contribution >= 0.6 is 0 Å². The minimum Gasteiger partial charge on any atom is -0.455 e. The molecule has 1 aliphatic heterocycles. The van der Waals surface area contributed by atoms with Gasteiger partial charge in [-0.05, 0) is 70.4 Å². The first-order chi connectivity index (χ1) is 38.8. The Labute approximate surface area is 479 Å². The van der Waals surface area contributed by atoms with Crippen LogP contribution in [-0.4, -0.2) is 161 Å². The summed E-state index contributed by atoms with van der Waals surface area (Å²) >= 11 is 0. The largest absolute Gasteiger partial charge is 0.455 e. The number of nitrogens with zero attached hydrogens (tertiary/aromatic N) is 1. The number of ketones is 2. The summed E-state index contributed by atoms with van der Waals surface area (Å²) in [5.41, 5.74) is -5.02. The minimum absolute atomic E-state index is 0.0323. The van der Waals surface area contributed by atoms with Crippen LogP contribution in [0, 0.1) is 28.6 Å². The number of hydrogen-bond acceptors (Lipinski definition) is 23. The summed E-state index contributed by atoms with van der Waals surface area (Å²) in [6, 6.07) is 14.0. The molecule has 3 fully saturated rings. The van der Waals surface area contributed by atoms with E-state index < -0.39 is 180 Å². The molecule has 2 bridgehead atoms. The molecule has 452 valence electrons. The van der Waals surface area contributed by atoms with Crippen LogP contribution < -0.4 is 10.7 Å². The molecule has 5 N–H and O–H groups in total. The smallest absolute Gasteiger partial charge is 0.408 e. The molecular weight excluding hydrogens is 1090 g/mol. The molecule has 2 aromatic carbocycles. The average Bonchev–Trinajstić information content (AvgIpc) is 0.746. The summed E-state index contributed by atoms with van der Waals surface area (Å²) < 4.78 is 50.0. The Balaban J connectivity index is 1.32. The molecular formula is C58H73N3O22. The van der Waals surface area contributed by atoms with Gasteiger partial charge in [0, 0.05) is 50.3 Å². The molecule has 2 saturated carbocycles. The van der Waals surface area contributed by atoms with Gasteiger partial charge >= 0.3 is 41.9 Å². The molecule has 3 aliphatic carbocycles. The van der Waals surface area contributed by atoms with Crippen molar-refractivity contribution in [1.82, 2.24) is 10.7 Å². The number of hydrazone groups is 1. The molecule has 25 heteroatoms. The number of aliphatic hydroxyl groups excluding tert-OH is 2. The Hall–Kier alpha value is -7.45. The van der Waals surface area contributed by atoms with Crippen molar-refractivity contribution in [3.05, 3.63) is 82.9 Å². The molecule has 2 aromatic rings. The molecule has 0 radical (unpaired) electrons.